The molecule has 5 nitrogen and oxygen atoms in total. The number of benzene rings is 1. The highest BCUT2D eigenvalue weighted by Crippen LogP contribution is 1.98. The molecule has 0 spiro atoms. The van der Waals surface area contributed by atoms with Gasteiger partial charge in [-0.05, 0) is 18.4 Å². The minimum Gasteiger partial charge on any atom is -0.436 e. The van der Waals surface area contributed by atoms with E-state index in [9.17, 15) is 9.59 Å². The Morgan fingerprint density at radius 3 is 2.62 bits per heavy atom. The van der Waals surface area contributed by atoms with Gasteiger partial charge in [0.25, 0.3) is 0 Å². The summed E-state index contributed by atoms with van der Waals surface area (Å²) in [7, 11) is 0. The molecular formula is C16H20N2O3. The molecule has 1 aromatic rings. The third kappa shape index (κ3) is 8.32. The molecule has 5 heteroatoms. The predicted octanol–water partition coefficient (Wildman–Crippen LogP) is 1.48. The van der Waals surface area contributed by atoms with Crippen LogP contribution in [-0.4, -0.2) is 31.7 Å². The smallest absolute Gasteiger partial charge is 0.408 e. The molecule has 1 aromatic carbocycles. The molecule has 0 saturated carbocycles. The highest BCUT2D eigenvalue weighted by molar-refractivity contribution is 5.75. The van der Waals surface area contributed by atoms with Crippen LogP contribution in [0.4, 0.5) is 4.79 Å². The van der Waals surface area contributed by atoms with Crippen molar-refractivity contribution in [3.8, 4) is 12.3 Å². The fourth-order valence-electron chi connectivity index (χ4n) is 1.68. The lowest BCUT2D eigenvalue weighted by Crippen LogP contribution is -2.29. The molecule has 0 radical (unpaired) electrons. The van der Waals surface area contributed by atoms with Crippen molar-refractivity contribution in [1.82, 2.24) is 10.6 Å². The molecule has 2 amide bonds. The van der Waals surface area contributed by atoms with Gasteiger partial charge in [0.1, 0.15) is 0 Å². The number of terminal acetylenes is 1. The van der Waals surface area contributed by atoms with E-state index >= 15 is 0 Å². The van der Waals surface area contributed by atoms with E-state index in [0.717, 1.165) is 6.42 Å². The molecule has 0 bridgehead atoms. The molecule has 2 N–H and O–H groups in total. The standard InChI is InChI=1S/C16H20N2O3/c1-2-13-21-16(20)18-11-6-9-15(19)17-12-10-14-7-4-3-5-8-14/h1,3-5,7-8H,6,9-13H2,(H,17,19)(H,18,20). The van der Waals surface area contributed by atoms with Crippen molar-refractivity contribution in [2.75, 3.05) is 19.7 Å². The van der Waals surface area contributed by atoms with Gasteiger partial charge in [0.15, 0.2) is 6.61 Å². The Labute approximate surface area is 125 Å². The second-order valence-electron chi connectivity index (χ2n) is 4.40. The summed E-state index contributed by atoms with van der Waals surface area (Å²) in [4.78, 5) is 22.6. The van der Waals surface area contributed by atoms with Crippen molar-refractivity contribution in [2.45, 2.75) is 19.3 Å². The first-order valence-corrected chi connectivity index (χ1v) is 6.87. The average molecular weight is 288 g/mol. The summed E-state index contributed by atoms with van der Waals surface area (Å²) >= 11 is 0. The van der Waals surface area contributed by atoms with Gasteiger partial charge in [-0.1, -0.05) is 36.3 Å². The Morgan fingerprint density at radius 1 is 1.14 bits per heavy atom. The fourth-order valence-corrected chi connectivity index (χ4v) is 1.68. The summed E-state index contributed by atoms with van der Waals surface area (Å²) in [6.45, 7) is 0.946. The zero-order valence-corrected chi connectivity index (χ0v) is 11.9. The predicted molar refractivity (Wildman–Crippen MR) is 80.6 cm³/mol. The number of nitrogens with one attached hydrogen (secondary N) is 2. The second kappa shape index (κ2) is 10.3. The Hall–Kier alpha value is -2.48. The number of hydrogen-bond acceptors (Lipinski definition) is 3. The number of ether oxygens (including phenoxy) is 1. The number of rotatable bonds is 8. The lowest BCUT2D eigenvalue weighted by Gasteiger charge is -2.06. The van der Waals surface area contributed by atoms with Gasteiger partial charge in [-0.3, -0.25) is 4.79 Å². The van der Waals surface area contributed by atoms with E-state index in [4.69, 9.17) is 6.42 Å². The van der Waals surface area contributed by atoms with Crippen molar-refractivity contribution in [2.24, 2.45) is 0 Å². The second-order valence-corrected chi connectivity index (χ2v) is 4.40. The summed E-state index contributed by atoms with van der Waals surface area (Å²) in [5, 5.41) is 5.36. The van der Waals surface area contributed by atoms with Gasteiger partial charge >= 0.3 is 6.09 Å². The van der Waals surface area contributed by atoms with Crippen LogP contribution in [0.5, 0.6) is 0 Å². The van der Waals surface area contributed by atoms with Crippen LogP contribution < -0.4 is 10.6 Å². The maximum Gasteiger partial charge on any atom is 0.408 e. The Morgan fingerprint density at radius 2 is 1.90 bits per heavy atom. The Kier molecular flexibility index (Phi) is 8.15. The monoisotopic (exact) mass is 288 g/mol. The van der Waals surface area contributed by atoms with Crippen molar-refractivity contribution in [3.05, 3.63) is 35.9 Å². The molecule has 1 rings (SSSR count). The summed E-state index contributed by atoms with van der Waals surface area (Å²) in [5.74, 6) is 2.17. The average Bonchev–Trinajstić information content (AvgIpc) is 2.50. The third-order valence-corrected chi connectivity index (χ3v) is 2.72. The summed E-state index contributed by atoms with van der Waals surface area (Å²) < 4.78 is 4.63. The van der Waals surface area contributed by atoms with Crippen LogP contribution in [0, 0.1) is 12.3 Å². The van der Waals surface area contributed by atoms with Crippen LogP contribution in [0.3, 0.4) is 0 Å². The van der Waals surface area contributed by atoms with Gasteiger partial charge in [-0.15, -0.1) is 6.42 Å². The van der Waals surface area contributed by atoms with Crippen molar-refractivity contribution in [3.63, 3.8) is 0 Å². The Balaban J connectivity index is 2.01. The molecule has 0 atom stereocenters. The fraction of sp³-hybridized carbons (Fsp3) is 0.375. The molecule has 0 aliphatic rings. The van der Waals surface area contributed by atoms with Crippen molar-refractivity contribution >= 4 is 12.0 Å². The van der Waals surface area contributed by atoms with Crippen molar-refractivity contribution < 1.29 is 14.3 Å². The first kappa shape index (κ1) is 16.6. The maximum absolute atomic E-state index is 11.6. The zero-order valence-electron chi connectivity index (χ0n) is 11.9. The summed E-state index contributed by atoms with van der Waals surface area (Å²) in [5.41, 5.74) is 1.19. The molecule has 0 aromatic heterocycles. The normalized spacial score (nSPS) is 9.48. The molecule has 0 saturated heterocycles. The van der Waals surface area contributed by atoms with E-state index in [1.54, 1.807) is 0 Å². The molecule has 0 heterocycles. The van der Waals surface area contributed by atoms with Crippen LogP contribution in [0.15, 0.2) is 30.3 Å². The zero-order chi connectivity index (χ0) is 15.3. The number of alkyl carbamates (subject to hydrolysis) is 1. The SMILES string of the molecule is C#CCOC(=O)NCCCC(=O)NCCc1ccccc1. The number of hydrogen-bond donors (Lipinski definition) is 2. The first-order chi connectivity index (χ1) is 10.2. The molecule has 0 aliphatic carbocycles. The first-order valence-electron chi connectivity index (χ1n) is 6.87. The van der Waals surface area contributed by atoms with Crippen LogP contribution in [0.25, 0.3) is 0 Å². The minimum absolute atomic E-state index is 0.0234. The van der Waals surface area contributed by atoms with Crippen LogP contribution in [0.2, 0.25) is 0 Å². The lowest BCUT2D eigenvalue weighted by molar-refractivity contribution is -0.121. The van der Waals surface area contributed by atoms with E-state index in [2.05, 4.69) is 21.3 Å². The van der Waals surface area contributed by atoms with Crippen LogP contribution in [0.1, 0.15) is 18.4 Å². The summed E-state index contributed by atoms with van der Waals surface area (Å²) in [6, 6.07) is 9.96. The van der Waals surface area contributed by atoms with Crippen LogP contribution in [-0.2, 0) is 16.0 Å². The highest BCUT2D eigenvalue weighted by Gasteiger charge is 2.03. The van der Waals surface area contributed by atoms with Gasteiger partial charge in [-0.2, -0.15) is 0 Å². The molecule has 21 heavy (non-hydrogen) atoms. The molecule has 0 aliphatic heterocycles. The largest absolute Gasteiger partial charge is 0.436 e. The molecular weight excluding hydrogens is 268 g/mol. The van der Waals surface area contributed by atoms with Gasteiger partial charge in [-0.25, -0.2) is 4.79 Å². The van der Waals surface area contributed by atoms with Gasteiger partial charge < -0.3 is 15.4 Å². The molecule has 112 valence electrons. The molecule has 0 fully saturated rings. The van der Waals surface area contributed by atoms with Gasteiger partial charge in [0.05, 0.1) is 0 Å². The van der Waals surface area contributed by atoms with Crippen molar-refractivity contribution in [1.29, 1.82) is 0 Å². The maximum atomic E-state index is 11.6. The van der Waals surface area contributed by atoms with Crippen LogP contribution >= 0.6 is 0 Å². The van der Waals surface area contributed by atoms with Gasteiger partial charge in [0.2, 0.25) is 5.91 Å². The van der Waals surface area contributed by atoms with E-state index in [1.165, 1.54) is 5.56 Å². The minimum atomic E-state index is -0.558. The number of carbonyl (C=O) groups is 2. The topological polar surface area (TPSA) is 67.4 Å². The van der Waals surface area contributed by atoms with E-state index in [1.807, 2.05) is 30.3 Å². The van der Waals surface area contributed by atoms with E-state index in [0.29, 0.717) is 25.9 Å². The van der Waals surface area contributed by atoms with Gasteiger partial charge in [0, 0.05) is 19.5 Å². The molecule has 0 unspecified atom stereocenters. The third-order valence-electron chi connectivity index (χ3n) is 2.72. The van der Waals surface area contributed by atoms with E-state index < -0.39 is 6.09 Å². The lowest BCUT2D eigenvalue weighted by atomic mass is 10.1. The quantitative estimate of drug-likeness (QED) is 0.562. The number of carbonyl (C=O) groups excluding carboxylic acids is 2. The Bertz CT molecular complexity index is 480. The highest BCUT2D eigenvalue weighted by atomic mass is 16.5. The van der Waals surface area contributed by atoms with E-state index in [-0.39, 0.29) is 12.5 Å². The summed E-state index contributed by atoms with van der Waals surface area (Å²) in [6.07, 6.45) is 6.13. The number of amides is 2.